The van der Waals surface area contributed by atoms with Gasteiger partial charge in [0.1, 0.15) is 17.4 Å². The van der Waals surface area contributed by atoms with Gasteiger partial charge in [0, 0.05) is 42.5 Å². The van der Waals surface area contributed by atoms with Gasteiger partial charge in [-0.3, -0.25) is 4.79 Å². The summed E-state index contributed by atoms with van der Waals surface area (Å²) in [5.74, 6) is 0.440. The van der Waals surface area contributed by atoms with E-state index >= 15 is 0 Å². The molecule has 28 heavy (non-hydrogen) atoms. The molecule has 6 nitrogen and oxygen atoms in total. The summed E-state index contributed by atoms with van der Waals surface area (Å²) in [5.41, 5.74) is 1.80. The van der Waals surface area contributed by atoms with Crippen molar-refractivity contribution in [2.24, 2.45) is 0 Å². The van der Waals surface area contributed by atoms with Crippen molar-refractivity contribution in [3.8, 4) is 11.8 Å². The fourth-order valence-electron chi connectivity index (χ4n) is 3.04. The van der Waals surface area contributed by atoms with E-state index in [9.17, 15) is 10.1 Å². The number of carbonyl (C=O) groups is 1. The topological polar surface area (TPSA) is 68.6 Å². The summed E-state index contributed by atoms with van der Waals surface area (Å²) in [6.45, 7) is 3.00. The lowest BCUT2D eigenvalue weighted by atomic mass is 10.2. The zero-order valence-electron chi connectivity index (χ0n) is 15.6. The predicted octanol–water partition coefficient (Wildman–Crippen LogP) is 3.63. The third-order valence-corrected chi connectivity index (χ3v) is 5.05. The average molecular weight is 441 g/mol. The highest BCUT2D eigenvalue weighted by atomic mass is 79.9. The number of hydrogen-bond donors (Lipinski definition) is 1. The van der Waals surface area contributed by atoms with E-state index in [0.29, 0.717) is 5.69 Å². The molecule has 1 aliphatic heterocycles. The molecule has 0 spiro atoms. The van der Waals surface area contributed by atoms with Crippen molar-refractivity contribution in [1.82, 2.24) is 4.90 Å². The van der Waals surface area contributed by atoms with Crippen LogP contribution in [-0.4, -0.2) is 44.1 Å². The number of hydrogen-bond acceptors (Lipinski definition) is 5. The minimum Gasteiger partial charge on any atom is -0.495 e. The molecular weight excluding hydrogens is 420 g/mol. The molecule has 1 amide bonds. The van der Waals surface area contributed by atoms with Gasteiger partial charge in [-0.2, -0.15) is 5.26 Å². The molecule has 1 aliphatic rings. The molecule has 3 rings (SSSR count). The molecule has 0 saturated carbocycles. The Morgan fingerprint density at radius 1 is 1.14 bits per heavy atom. The lowest BCUT2D eigenvalue weighted by Crippen LogP contribution is -2.44. The number of halogens is 1. The molecule has 2 aromatic rings. The standard InChI is InChI=1S/C21H21BrN4O2/c1-28-20-5-3-2-4-19(20)26-12-10-25(11-13-26)15-16(14-23)21(27)24-18-8-6-17(22)7-9-18/h2-9,15H,10-13H2,1H3,(H,24,27)/b16-15-. The van der Waals surface area contributed by atoms with E-state index in [-0.39, 0.29) is 5.57 Å². The fourth-order valence-corrected chi connectivity index (χ4v) is 3.30. The minimum absolute atomic E-state index is 0.0914. The van der Waals surface area contributed by atoms with Crippen molar-refractivity contribution in [3.05, 3.63) is 64.8 Å². The van der Waals surface area contributed by atoms with Crippen LogP contribution in [0.25, 0.3) is 0 Å². The molecule has 0 atom stereocenters. The van der Waals surface area contributed by atoms with Crippen LogP contribution < -0.4 is 15.0 Å². The van der Waals surface area contributed by atoms with Crippen molar-refractivity contribution in [3.63, 3.8) is 0 Å². The zero-order chi connectivity index (χ0) is 19.9. The Balaban J connectivity index is 1.62. The normalized spacial score (nSPS) is 14.4. The third kappa shape index (κ3) is 4.84. The number of anilines is 2. The Morgan fingerprint density at radius 3 is 2.46 bits per heavy atom. The number of nitrogens with one attached hydrogen (secondary N) is 1. The number of rotatable bonds is 5. The third-order valence-electron chi connectivity index (χ3n) is 4.52. The Kier molecular flexibility index (Phi) is 6.56. The van der Waals surface area contributed by atoms with Gasteiger partial charge in [0.15, 0.2) is 0 Å². The highest BCUT2D eigenvalue weighted by Gasteiger charge is 2.19. The van der Waals surface area contributed by atoms with Gasteiger partial charge in [0.05, 0.1) is 12.8 Å². The molecule has 0 radical (unpaired) electrons. The maximum atomic E-state index is 12.4. The SMILES string of the molecule is COc1ccccc1N1CCN(/C=C(/C#N)C(=O)Nc2ccc(Br)cc2)CC1. The number of carbonyl (C=O) groups excluding carboxylic acids is 1. The van der Waals surface area contributed by atoms with Gasteiger partial charge in [-0.1, -0.05) is 28.1 Å². The molecule has 1 saturated heterocycles. The second kappa shape index (κ2) is 9.29. The maximum absolute atomic E-state index is 12.4. The molecule has 0 aliphatic carbocycles. The Bertz CT molecular complexity index is 897. The highest BCUT2D eigenvalue weighted by molar-refractivity contribution is 9.10. The summed E-state index contributed by atoms with van der Waals surface area (Å²) in [6.07, 6.45) is 1.65. The van der Waals surface area contributed by atoms with E-state index in [1.54, 1.807) is 25.4 Å². The van der Waals surface area contributed by atoms with E-state index in [4.69, 9.17) is 4.74 Å². The summed E-state index contributed by atoms with van der Waals surface area (Å²) in [4.78, 5) is 16.7. The average Bonchev–Trinajstić information content (AvgIpc) is 2.74. The Hall–Kier alpha value is -2.98. The van der Waals surface area contributed by atoms with Gasteiger partial charge in [-0.15, -0.1) is 0 Å². The van der Waals surface area contributed by atoms with E-state index in [2.05, 4.69) is 26.1 Å². The van der Waals surface area contributed by atoms with Crippen LogP contribution in [0.15, 0.2) is 64.8 Å². The number of nitrogens with zero attached hydrogens (tertiary/aromatic N) is 3. The minimum atomic E-state index is -0.406. The quantitative estimate of drug-likeness (QED) is 0.567. The molecule has 1 N–H and O–H groups in total. The molecule has 1 fully saturated rings. The summed E-state index contributed by atoms with van der Waals surface area (Å²) in [5, 5.41) is 12.2. The first-order chi connectivity index (χ1) is 13.6. The summed E-state index contributed by atoms with van der Waals surface area (Å²) < 4.78 is 6.36. The van der Waals surface area contributed by atoms with E-state index in [1.807, 2.05) is 47.4 Å². The second-order valence-corrected chi connectivity index (χ2v) is 7.23. The van der Waals surface area contributed by atoms with Crippen LogP contribution in [0.5, 0.6) is 5.75 Å². The molecule has 0 unspecified atom stereocenters. The van der Waals surface area contributed by atoms with Crippen LogP contribution >= 0.6 is 15.9 Å². The van der Waals surface area contributed by atoms with Crippen molar-refractivity contribution >= 4 is 33.2 Å². The number of nitriles is 1. The van der Waals surface area contributed by atoms with Crippen LogP contribution in [0, 0.1) is 11.3 Å². The molecule has 144 valence electrons. The lowest BCUT2D eigenvalue weighted by molar-refractivity contribution is -0.112. The molecule has 7 heteroatoms. The van der Waals surface area contributed by atoms with Crippen LogP contribution in [0.1, 0.15) is 0 Å². The first kappa shape index (κ1) is 19.8. The number of benzene rings is 2. The number of para-hydroxylation sites is 2. The largest absolute Gasteiger partial charge is 0.495 e. The summed E-state index contributed by atoms with van der Waals surface area (Å²) >= 11 is 3.36. The highest BCUT2D eigenvalue weighted by Crippen LogP contribution is 2.28. The smallest absolute Gasteiger partial charge is 0.267 e. The molecule has 0 aromatic heterocycles. The predicted molar refractivity (Wildman–Crippen MR) is 113 cm³/mol. The number of methoxy groups -OCH3 is 1. The first-order valence-electron chi connectivity index (χ1n) is 8.91. The van der Waals surface area contributed by atoms with Crippen LogP contribution in [0.3, 0.4) is 0 Å². The van der Waals surface area contributed by atoms with Crippen LogP contribution in [0.4, 0.5) is 11.4 Å². The van der Waals surface area contributed by atoms with Gasteiger partial charge < -0.3 is 19.9 Å². The summed E-state index contributed by atoms with van der Waals surface area (Å²) in [7, 11) is 1.67. The zero-order valence-corrected chi connectivity index (χ0v) is 17.1. The first-order valence-corrected chi connectivity index (χ1v) is 9.71. The van der Waals surface area contributed by atoms with Crippen molar-refractivity contribution in [2.75, 3.05) is 43.5 Å². The van der Waals surface area contributed by atoms with Gasteiger partial charge in [0.2, 0.25) is 0 Å². The summed E-state index contributed by atoms with van der Waals surface area (Å²) in [6, 6.07) is 17.2. The number of piperazine rings is 1. The van der Waals surface area contributed by atoms with Crippen LogP contribution in [-0.2, 0) is 4.79 Å². The molecule has 1 heterocycles. The van der Waals surface area contributed by atoms with Gasteiger partial charge >= 0.3 is 0 Å². The van der Waals surface area contributed by atoms with E-state index in [1.165, 1.54) is 0 Å². The number of ether oxygens (including phenoxy) is 1. The monoisotopic (exact) mass is 440 g/mol. The van der Waals surface area contributed by atoms with Crippen molar-refractivity contribution < 1.29 is 9.53 Å². The number of amides is 1. The van der Waals surface area contributed by atoms with Crippen molar-refractivity contribution in [2.45, 2.75) is 0 Å². The molecule has 0 bridgehead atoms. The van der Waals surface area contributed by atoms with Crippen LogP contribution in [0.2, 0.25) is 0 Å². The Labute approximate surface area is 173 Å². The molecular formula is C21H21BrN4O2. The van der Waals surface area contributed by atoms with Gasteiger partial charge in [-0.05, 0) is 36.4 Å². The Morgan fingerprint density at radius 2 is 1.82 bits per heavy atom. The second-order valence-electron chi connectivity index (χ2n) is 6.31. The van der Waals surface area contributed by atoms with Gasteiger partial charge in [-0.25, -0.2) is 0 Å². The van der Waals surface area contributed by atoms with E-state index in [0.717, 1.165) is 42.1 Å². The molecule has 2 aromatic carbocycles. The fraction of sp³-hybridized carbons (Fsp3) is 0.238. The van der Waals surface area contributed by atoms with E-state index < -0.39 is 5.91 Å². The maximum Gasteiger partial charge on any atom is 0.267 e. The van der Waals surface area contributed by atoms with Gasteiger partial charge in [0.25, 0.3) is 5.91 Å². The lowest BCUT2D eigenvalue weighted by Gasteiger charge is -2.36. The van der Waals surface area contributed by atoms with Crippen molar-refractivity contribution in [1.29, 1.82) is 5.26 Å².